The molecule has 7 heteroatoms. The molecule has 2 amide bonds. The maximum absolute atomic E-state index is 12.8. The van der Waals surface area contributed by atoms with Crippen LogP contribution in [0.1, 0.15) is 5.56 Å². The topological polar surface area (TPSA) is 91.1 Å². The lowest BCUT2D eigenvalue weighted by Gasteiger charge is -2.23. The molecule has 0 radical (unpaired) electrons. The largest absolute Gasteiger partial charge is 0.454 e. The molecule has 0 saturated heterocycles. The van der Waals surface area contributed by atoms with E-state index < -0.39 is 12.2 Å². The number of primary amides is 1. The Morgan fingerprint density at radius 1 is 1.16 bits per heavy atom. The Bertz CT molecular complexity index is 778. The van der Waals surface area contributed by atoms with E-state index in [1.807, 2.05) is 30.3 Å². The van der Waals surface area contributed by atoms with Crippen LogP contribution in [0.25, 0.3) is 0 Å². The number of carbonyl (C=O) groups is 2. The number of hydrogen-bond acceptors (Lipinski definition) is 5. The van der Waals surface area contributed by atoms with E-state index in [2.05, 4.69) is 0 Å². The lowest BCUT2D eigenvalue weighted by atomic mass is 10.1. The number of nitrogens with zero attached hydrogens (tertiary/aromatic N) is 1. The summed E-state index contributed by atoms with van der Waals surface area (Å²) in [6, 6.07) is 14.4. The van der Waals surface area contributed by atoms with Crippen LogP contribution in [0.3, 0.4) is 0 Å². The summed E-state index contributed by atoms with van der Waals surface area (Å²) in [7, 11) is 1.60. The number of fused-ring (bicyclic) bond motifs is 1. The molecule has 7 nitrogen and oxygen atoms in total. The SMILES string of the molecule is CN(C(=O)C(Cc1ccccc1)OC(N)=O)c1ccc2c(c1)OCO2. The van der Waals surface area contributed by atoms with Crippen LogP contribution in [0.2, 0.25) is 0 Å². The fourth-order valence-corrected chi connectivity index (χ4v) is 2.58. The third-order valence-corrected chi connectivity index (χ3v) is 3.87. The van der Waals surface area contributed by atoms with Gasteiger partial charge in [-0.05, 0) is 17.7 Å². The Morgan fingerprint density at radius 3 is 2.60 bits per heavy atom. The number of benzene rings is 2. The molecule has 1 heterocycles. The van der Waals surface area contributed by atoms with E-state index >= 15 is 0 Å². The summed E-state index contributed by atoms with van der Waals surface area (Å²) in [5, 5.41) is 0. The summed E-state index contributed by atoms with van der Waals surface area (Å²) in [5.41, 5.74) is 6.59. The van der Waals surface area contributed by atoms with Crippen molar-refractivity contribution in [3.05, 3.63) is 54.1 Å². The highest BCUT2D eigenvalue weighted by atomic mass is 16.7. The third kappa shape index (κ3) is 3.82. The van der Waals surface area contributed by atoms with Crippen molar-refractivity contribution in [3.63, 3.8) is 0 Å². The standard InChI is InChI=1S/C18H18N2O5/c1-20(13-7-8-14-15(10-13)24-11-23-14)17(21)16(25-18(19)22)9-12-5-3-2-4-6-12/h2-8,10,16H,9,11H2,1H3,(H2,19,22). The van der Waals surface area contributed by atoms with E-state index in [1.54, 1.807) is 25.2 Å². The average Bonchev–Trinajstić information content (AvgIpc) is 3.08. The van der Waals surface area contributed by atoms with Crippen molar-refractivity contribution >= 4 is 17.7 Å². The van der Waals surface area contributed by atoms with E-state index in [0.29, 0.717) is 17.2 Å². The first-order valence-corrected chi connectivity index (χ1v) is 7.72. The molecule has 0 aromatic heterocycles. The molecule has 0 saturated carbocycles. The monoisotopic (exact) mass is 342 g/mol. The first-order chi connectivity index (χ1) is 12.0. The van der Waals surface area contributed by atoms with Gasteiger partial charge in [0, 0.05) is 25.2 Å². The molecule has 25 heavy (non-hydrogen) atoms. The summed E-state index contributed by atoms with van der Waals surface area (Å²) < 4.78 is 15.6. The fourth-order valence-electron chi connectivity index (χ4n) is 2.58. The van der Waals surface area contributed by atoms with E-state index in [9.17, 15) is 9.59 Å². The molecule has 1 aliphatic heterocycles. The van der Waals surface area contributed by atoms with Crippen LogP contribution >= 0.6 is 0 Å². The second-order valence-corrected chi connectivity index (χ2v) is 5.55. The number of likely N-dealkylation sites (N-methyl/N-ethyl adjacent to an activating group) is 1. The van der Waals surface area contributed by atoms with Gasteiger partial charge < -0.3 is 24.8 Å². The van der Waals surface area contributed by atoms with Gasteiger partial charge in [-0.25, -0.2) is 4.79 Å². The quantitative estimate of drug-likeness (QED) is 0.898. The van der Waals surface area contributed by atoms with Gasteiger partial charge >= 0.3 is 6.09 Å². The summed E-state index contributed by atoms with van der Waals surface area (Å²) in [4.78, 5) is 25.4. The summed E-state index contributed by atoms with van der Waals surface area (Å²) in [5.74, 6) is 0.799. The van der Waals surface area contributed by atoms with Gasteiger partial charge in [0.2, 0.25) is 6.79 Å². The molecule has 130 valence electrons. The Balaban J connectivity index is 1.79. The number of amides is 2. The minimum absolute atomic E-state index is 0.151. The second kappa shape index (κ2) is 7.12. The minimum atomic E-state index is -1.02. The second-order valence-electron chi connectivity index (χ2n) is 5.55. The number of hydrogen-bond donors (Lipinski definition) is 1. The molecule has 1 atom stereocenters. The lowest BCUT2D eigenvalue weighted by molar-refractivity contribution is -0.126. The number of carbonyl (C=O) groups excluding carboxylic acids is 2. The molecule has 3 rings (SSSR count). The van der Waals surface area contributed by atoms with Gasteiger partial charge in [0.25, 0.3) is 5.91 Å². The molecule has 0 bridgehead atoms. The number of nitrogens with two attached hydrogens (primary N) is 1. The van der Waals surface area contributed by atoms with Gasteiger partial charge in [0.1, 0.15) is 0 Å². The zero-order valence-electron chi connectivity index (χ0n) is 13.7. The first-order valence-electron chi connectivity index (χ1n) is 7.72. The molecule has 1 unspecified atom stereocenters. The number of anilines is 1. The normalized spacial score (nSPS) is 13.2. The van der Waals surface area contributed by atoms with Gasteiger partial charge in [-0.1, -0.05) is 30.3 Å². The van der Waals surface area contributed by atoms with Crippen LogP contribution in [0.5, 0.6) is 11.5 Å². The summed E-state index contributed by atoms with van der Waals surface area (Å²) in [6.07, 6.45) is -1.78. The molecular formula is C18H18N2O5. The molecule has 1 aliphatic rings. The zero-order valence-corrected chi connectivity index (χ0v) is 13.7. The van der Waals surface area contributed by atoms with E-state index in [1.165, 1.54) is 4.90 Å². The summed E-state index contributed by atoms with van der Waals surface area (Å²) >= 11 is 0. The van der Waals surface area contributed by atoms with Crippen LogP contribution < -0.4 is 20.1 Å². The van der Waals surface area contributed by atoms with E-state index in [0.717, 1.165) is 5.56 Å². The maximum atomic E-state index is 12.8. The van der Waals surface area contributed by atoms with Gasteiger partial charge in [-0.3, -0.25) is 4.79 Å². The minimum Gasteiger partial charge on any atom is -0.454 e. The van der Waals surface area contributed by atoms with Crippen LogP contribution in [-0.4, -0.2) is 31.9 Å². The Hall–Kier alpha value is -3.22. The van der Waals surface area contributed by atoms with Gasteiger partial charge in [-0.15, -0.1) is 0 Å². The fraction of sp³-hybridized carbons (Fsp3) is 0.222. The third-order valence-electron chi connectivity index (χ3n) is 3.87. The van der Waals surface area contributed by atoms with Gasteiger partial charge in [0.15, 0.2) is 17.6 Å². The van der Waals surface area contributed by atoms with Crippen LogP contribution in [0.4, 0.5) is 10.5 Å². The predicted molar refractivity (Wildman–Crippen MR) is 90.6 cm³/mol. The zero-order chi connectivity index (χ0) is 17.8. The number of ether oxygens (including phenoxy) is 3. The van der Waals surface area contributed by atoms with Crippen molar-refractivity contribution < 1.29 is 23.8 Å². The van der Waals surface area contributed by atoms with Crippen molar-refractivity contribution in [3.8, 4) is 11.5 Å². The smallest absolute Gasteiger partial charge is 0.405 e. The average molecular weight is 342 g/mol. The molecule has 0 fully saturated rings. The Labute approximate surface area is 144 Å². The molecule has 0 aliphatic carbocycles. The summed E-state index contributed by atoms with van der Waals surface area (Å²) in [6.45, 7) is 0.151. The molecule has 2 aromatic carbocycles. The Kier molecular flexibility index (Phi) is 4.74. The molecule has 2 N–H and O–H groups in total. The maximum Gasteiger partial charge on any atom is 0.405 e. The van der Waals surface area contributed by atoms with Crippen molar-refractivity contribution in [2.75, 3.05) is 18.7 Å². The predicted octanol–water partition coefficient (Wildman–Crippen LogP) is 2.08. The molecule has 2 aromatic rings. The van der Waals surface area contributed by atoms with Crippen molar-refractivity contribution in [1.82, 2.24) is 0 Å². The van der Waals surface area contributed by atoms with Crippen molar-refractivity contribution in [1.29, 1.82) is 0 Å². The van der Waals surface area contributed by atoms with Crippen LogP contribution in [-0.2, 0) is 16.0 Å². The van der Waals surface area contributed by atoms with E-state index in [-0.39, 0.29) is 19.1 Å². The van der Waals surface area contributed by atoms with Gasteiger partial charge in [0.05, 0.1) is 0 Å². The van der Waals surface area contributed by atoms with Crippen molar-refractivity contribution in [2.24, 2.45) is 5.73 Å². The highest BCUT2D eigenvalue weighted by Gasteiger charge is 2.27. The lowest BCUT2D eigenvalue weighted by Crippen LogP contribution is -2.41. The molecular weight excluding hydrogens is 324 g/mol. The van der Waals surface area contributed by atoms with Crippen molar-refractivity contribution in [2.45, 2.75) is 12.5 Å². The highest BCUT2D eigenvalue weighted by Crippen LogP contribution is 2.35. The highest BCUT2D eigenvalue weighted by molar-refractivity contribution is 5.97. The van der Waals surface area contributed by atoms with E-state index in [4.69, 9.17) is 19.9 Å². The van der Waals surface area contributed by atoms with Crippen LogP contribution in [0.15, 0.2) is 48.5 Å². The van der Waals surface area contributed by atoms with Crippen LogP contribution in [0, 0.1) is 0 Å². The molecule has 0 spiro atoms. The van der Waals surface area contributed by atoms with Gasteiger partial charge in [-0.2, -0.15) is 0 Å². The number of rotatable bonds is 5. The Morgan fingerprint density at radius 2 is 1.88 bits per heavy atom. The first kappa shape index (κ1) is 16.6.